The van der Waals surface area contributed by atoms with Gasteiger partial charge in [0.05, 0.1) is 0 Å². The molecular formula is C11H19N3O. The maximum atomic E-state index is 7.69. The molecule has 4 heteroatoms. The van der Waals surface area contributed by atoms with E-state index in [4.69, 9.17) is 10.3 Å². The van der Waals surface area contributed by atoms with Crippen LogP contribution in [0.2, 0.25) is 0 Å². The lowest BCUT2D eigenvalue weighted by Gasteiger charge is -2.15. The van der Waals surface area contributed by atoms with Crippen LogP contribution < -0.4 is 4.68 Å². The second-order valence-corrected chi connectivity index (χ2v) is 4.68. The summed E-state index contributed by atoms with van der Waals surface area (Å²) in [5.74, 6) is 0.543. The van der Waals surface area contributed by atoms with Gasteiger partial charge in [0.2, 0.25) is 5.69 Å². The summed E-state index contributed by atoms with van der Waals surface area (Å²) in [6.45, 7) is 4.17. The molecule has 1 N–H and O–H groups in total. The Bertz CT molecular complexity index is 327. The van der Waals surface area contributed by atoms with E-state index in [2.05, 4.69) is 19.1 Å². The minimum absolute atomic E-state index is 0.232. The Morgan fingerprint density at radius 2 is 2.00 bits per heavy atom. The first-order valence-corrected chi connectivity index (χ1v) is 5.83. The lowest BCUT2D eigenvalue weighted by molar-refractivity contribution is -0.793. The largest absolute Gasteiger partial charge is 0.660 e. The maximum Gasteiger partial charge on any atom is 0.237 e. The van der Waals surface area contributed by atoms with E-state index in [0.717, 1.165) is 5.69 Å². The Morgan fingerprint density at radius 3 is 2.60 bits per heavy atom. The van der Waals surface area contributed by atoms with Crippen molar-refractivity contribution in [2.24, 2.45) is 0 Å². The highest BCUT2D eigenvalue weighted by atomic mass is 16.5. The minimum Gasteiger partial charge on any atom is -0.660 e. The average molecular weight is 209 g/mol. The molecule has 0 spiro atoms. The monoisotopic (exact) mass is 209 g/mol. The van der Waals surface area contributed by atoms with E-state index in [-0.39, 0.29) is 5.88 Å². The molecule has 4 nitrogen and oxygen atoms in total. The summed E-state index contributed by atoms with van der Waals surface area (Å²) in [5, 5.41) is 4.01. The lowest BCUT2D eigenvalue weighted by Crippen LogP contribution is -2.45. The van der Waals surface area contributed by atoms with Crippen molar-refractivity contribution in [1.82, 2.24) is 5.27 Å². The van der Waals surface area contributed by atoms with Crippen LogP contribution in [-0.4, -0.2) is 5.27 Å². The van der Waals surface area contributed by atoms with Crippen LogP contribution in [0.5, 0.6) is 0 Å². The molecule has 0 aromatic carbocycles. The van der Waals surface area contributed by atoms with Gasteiger partial charge in [-0.1, -0.05) is 20.3 Å². The van der Waals surface area contributed by atoms with E-state index in [1.165, 1.54) is 32.1 Å². The Morgan fingerprint density at radius 1 is 1.33 bits per heavy atom. The SMILES string of the molecule is CC(C)c1c([NH-])on[n+]1C1CCCCC1. The van der Waals surface area contributed by atoms with Gasteiger partial charge < -0.3 is 10.3 Å². The molecule has 15 heavy (non-hydrogen) atoms. The molecule has 84 valence electrons. The van der Waals surface area contributed by atoms with Crippen molar-refractivity contribution < 1.29 is 9.20 Å². The zero-order valence-corrected chi connectivity index (χ0v) is 9.49. The van der Waals surface area contributed by atoms with Crippen LogP contribution in [0.25, 0.3) is 5.73 Å². The molecule has 0 unspecified atom stereocenters. The summed E-state index contributed by atoms with van der Waals surface area (Å²) >= 11 is 0. The van der Waals surface area contributed by atoms with Crippen molar-refractivity contribution in [1.29, 1.82) is 0 Å². The van der Waals surface area contributed by atoms with E-state index < -0.39 is 0 Å². The van der Waals surface area contributed by atoms with Crippen LogP contribution in [-0.2, 0) is 0 Å². The molecule has 1 heterocycles. The molecule has 1 saturated carbocycles. The molecule has 1 aromatic rings. The highest BCUT2D eigenvalue weighted by Gasteiger charge is 2.31. The fourth-order valence-corrected chi connectivity index (χ4v) is 2.40. The van der Waals surface area contributed by atoms with Crippen LogP contribution in [0, 0.1) is 0 Å². The van der Waals surface area contributed by atoms with Gasteiger partial charge in [0, 0.05) is 18.8 Å². The lowest BCUT2D eigenvalue weighted by atomic mass is 9.95. The first kappa shape index (κ1) is 10.5. The van der Waals surface area contributed by atoms with Gasteiger partial charge in [-0.25, -0.2) is 0 Å². The number of hydrogen-bond acceptors (Lipinski definition) is 2. The van der Waals surface area contributed by atoms with Gasteiger partial charge in [-0.15, -0.1) is 0 Å². The number of aromatic nitrogens is 2. The second kappa shape index (κ2) is 4.21. The summed E-state index contributed by atoms with van der Waals surface area (Å²) in [5.41, 5.74) is 8.64. The molecule has 0 bridgehead atoms. The van der Waals surface area contributed by atoms with Crippen LogP contribution in [0.4, 0.5) is 5.88 Å². The highest BCUT2D eigenvalue weighted by Crippen LogP contribution is 2.28. The molecule has 0 amide bonds. The molecule has 1 aliphatic rings. The van der Waals surface area contributed by atoms with E-state index in [9.17, 15) is 0 Å². The minimum atomic E-state index is 0.232. The molecule has 1 aromatic heterocycles. The van der Waals surface area contributed by atoms with E-state index >= 15 is 0 Å². The summed E-state index contributed by atoms with van der Waals surface area (Å²) in [6.07, 6.45) is 6.23. The predicted molar refractivity (Wildman–Crippen MR) is 56.9 cm³/mol. The van der Waals surface area contributed by atoms with Crippen molar-refractivity contribution in [2.75, 3.05) is 0 Å². The first-order valence-electron chi connectivity index (χ1n) is 5.83. The fourth-order valence-electron chi connectivity index (χ4n) is 2.40. The second-order valence-electron chi connectivity index (χ2n) is 4.68. The summed E-state index contributed by atoms with van der Waals surface area (Å²) in [6, 6.07) is 0.457. The van der Waals surface area contributed by atoms with Crippen molar-refractivity contribution in [2.45, 2.75) is 57.9 Å². The zero-order valence-electron chi connectivity index (χ0n) is 9.49. The molecule has 0 aliphatic heterocycles. The summed E-state index contributed by atoms with van der Waals surface area (Å²) < 4.78 is 6.94. The number of rotatable bonds is 2. The van der Waals surface area contributed by atoms with Crippen molar-refractivity contribution in [3.8, 4) is 0 Å². The maximum absolute atomic E-state index is 7.69. The number of hydrogen-bond donors (Lipinski definition) is 0. The Labute approximate surface area is 90.4 Å². The third-order valence-corrected chi connectivity index (χ3v) is 3.17. The zero-order chi connectivity index (χ0) is 10.8. The molecular weight excluding hydrogens is 190 g/mol. The van der Waals surface area contributed by atoms with Crippen molar-refractivity contribution >= 4 is 5.88 Å². The Hall–Kier alpha value is -1.06. The average Bonchev–Trinajstić information content (AvgIpc) is 2.61. The van der Waals surface area contributed by atoms with Crippen molar-refractivity contribution in [3.63, 3.8) is 0 Å². The van der Waals surface area contributed by atoms with Gasteiger partial charge in [-0.3, -0.25) is 0 Å². The Kier molecular flexibility index (Phi) is 2.93. The van der Waals surface area contributed by atoms with Crippen LogP contribution in [0.15, 0.2) is 4.52 Å². The van der Waals surface area contributed by atoms with E-state index in [1.807, 2.05) is 4.68 Å². The molecule has 0 radical (unpaired) electrons. The molecule has 1 aliphatic carbocycles. The third-order valence-electron chi connectivity index (χ3n) is 3.17. The van der Waals surface area contributed by atoms with Crippen LogP contribution in [0.1, 0.15) is 63.6 Å². The smallest absolute Gasteiger partial charge is 0.237 e. The van der Waals surface area contributed by atoms with Crippen LogP contribution in [0.3, 0.4) is 0 Å². The molecule has 1 fully saturated rings. The quantitative estimate of drug-likeness (QED) is 0.702. The Balaban J connectivity index is 2.26. The highest BCUT2D eigenvalue weighted by molar-refractivity contribution is 5.32. The van der Waals surface area contributed by atoms with Gasteiger partial charge >= 0.3 is 0 Å². The normalized spacial score (nSPS) is 18.6. The summed E-state index contributed by atoms with van der Waals surface area (Å²) in [4.78, 5) is 0. The molecule has 0 saturated heterocycles. The van der Waals surface area contributed by atoms with E-state index in [0.29, 0.717) is 12.0 Å². The fraction of sp³-hybridized carbons (Fsp3) is 0.818. The van der Waals surface area contributed by atoms with Gasteiger partial charge in [0.25, 0.3) is 0 Å². The topological polar surface area (TPSA) is 53.7 Å². The first-order chi connectivity index (χ1) is 7.20. The molecule has 2 rings (SSSR count). The predicted octanol–water partition coefficient (Wildman–Crippen LogP) is 3.27. The standard InChI is InChI=1S/C11H19N3O/c1-8(2)10-11(12)15-13-14(10)9-6-4-3-5-7-9/h8-9,12H,3-7H2,1-2H3. The van der Waals surface area contributed by atoms with E-state index in [1.54, 1.807) is 0 Å². The van der Waals surface area contributed by atoms with Gasteiger partial charge in [0.1, 0.15) is 5.88 Å². The van der Waals surface area contributed by atoms with Gasteiger partial charge in [-0.05, 0) is 17.5 Å². The molecule has 0 atom stereocenters. The summed E-state index contributed by atoms with van der Waals surface area (Å²) in [7, 11) is 0. The van der Waals surface area contributed by atoms with Crippen molar-refractivity contribution in [3.05, 3.63) is 11.4 Å². The van der Waals surface area contributed by atoms with Crippen LogP contribution >= 0.6 is 0 Å². The number of nitrogens with zero attached hydrogens (tertiary/aromatic N) is 2. The number of nitrogens with one attached hydrogen (secondary N) is 1. The third kappa shape index (κ3) is 1.98. The van der Waals surface area contributed by atoms with Gasteiger partial charge in [0.15, 0.2) is 11.3 Å². The van der Waals surface area contributed by atoms with Gasteiger partial charge in [-0.2, -0.15) is 0 Å².